The van der Waals surface area contributed by atoms with Crippen molar-refractivity contribution in [1.82, 2.24) is 0 Å². The number of ether oxygens (including phenoxy) is 2. The molecular weight excluding hydrogens is 259 g/mol. The van der Waals surface area contributed by atoms with E-state index in [-0.39, 0.29) is 6.79 Å². The number of halogens is 2. The van der Waals surface area contributed by atoms with Gasteiger partial charge in [0, 0.05) is 4.47 Å². The predicted octanol–water partition coefficient (Wildman–Crippen LogP) is 2.56. The second-order valence-electron chi connectivity index (χ2n) is 2.43. The van der Waals surface area contributed by atoms with E-state index in [2.05, 4.69) is 15.9 Å². The summed E-state index contributed by atoms with van der Waals surface area (Å²) in [5, 5.41) is -0.561. The van der Waals surface area contributed by atoms with E-state index in [1.54, 1.807) is 12.1 Å². The minimum absolute atomic E-state index is 0.128. The van der Waals surface area contributed by atoms with E-state index in [4.69, 9.17) is 21.1 Å². The van der Waals surface area contributed by atoms with Crippen LogP contribution in [0.1, 0.15) is 10.4 Å². The van der Waals surface area contributed by atoms with E-state index >= 15 is 0 Å². The summed E-state index contributed by atoms with van der Waals surface area (Å²) in [5.74, 6) is 0.960. The molecule has 0 aliphatic carbocycles. The van der Waals surface area contributed by atoms with Gasteiger partial charge in [0.1, 0.15) is 0 Å². The van der Waals surface area contributed by atoms with Gasteiger partial charge in [0.05, 0.1) is 5.56 Å². The molecule has 0 atom stereocenters. The van der Waals surface area contributed by atoms with Crippen LogP contribution >= 0.6 is 27.5 Å². The van der Waals surface area contributed by atoms with Gasteiger partial charge in [-0.3, -0.25) is 4.79 Å². The molecule has 3 nitrogen and oxygen atoms in total. The SMILES string of the molecule is O=C(Cl)c1c(Br)ccc2c1OCO2. The second-order valence-corrected chi connectivity index (χ2v) is 3.63. The van der Waals surface area contributed by atoms with Gasteiger partial charge in [-0.15, -0.1) is 0 Å². The van der Waals surface area contributed by atoms with Gasteiger partial charge in [-0.1, -0.05) is 0 Å². The smallest absolute Gasteiger partial charge is 0.257 e. The molecule has 0 N–H and O–H groups in total. The fraction of sp³-hybridized carbons (Fsp3) is 0.125. The Morgan fingerprint density at radius 3 is 2.92 bits per heavy atom. The van der Waals surface area contributed by atoms with E-state index in [9.17, 15) is 4.79 Å². The maximum Gasteiger partial charge on any atom is 0.257 e. The summed E-state index contributed by atoms with van der Waals surface area (Å²) in [4.78, 5) is 11.0. The van der Waals surface area contributed by atoms with Gasteiger partial charge in [-0.2, -0.15) is 0 Å². The van der Waals surface area contributed by atoms with Gasteiger partial charge in [-0.05, 0) is 39.7 Å². The molecule has 1 aliphatic rings. The first kappa shape index (κ1) is 8.84. The van der Waals surface area contributed by atoms with Crippen LogP contribution in [0, 0.1) is 0 Å². The van der Waals surface area contributed by atoms with Crippen LogP contribution in [-0.2, 0) is 0 Å². The van der Waals surface area contributed by atoms with Crippen LogP contribution in [0.3, 0.4) is 0 Å². The summed E-state index contributed by atoms with van der Waals surface area (Å²) in [7, 11) is 0. The number of benzene rings is 1. The molecular formula is C8H4BrClO3. The summed E-state index contributed by atoms with van der Waals surface area (Å²) in [5.41, 5.74) is 0.316. The highest BCUT2D eigenvalue weighted by molar-refractivity contribution is 9.10. The van der Waals surface area contributed by atoms with Crippen molar-refractivity contribution < 1.29 is 14.3 Å². The number of rotatable bonds is 1. The lowest BCUT2D eigenvalue weighted by Gasteiger charge is -2.02. The van der Waals surface area contributed by atoms with Gasteiger partial charge in [0.25, 0.3) is 5.24 Å². The minimum Gasteiger partial charge on any atom is -0.454 e. The molecule has 0 radical (unpaired) electrons. The molecule has 0 amide bonds. The molecule has 0 aromatic heterocycles. The normalized spacial score (nSPS) is 13.1. The van der Waals surface area contributed by atoms with Gasteiger partial charge in [0.2, 0.25) is 6.79 Å². The number of fused-ring (bicyclic) bond motifs is 1. The Hall–Kier alpha value is -0.740. The average molecular weight is 263 g/mol. The number of carbonyl (C=O) groups is 1. The molecule has 0 saturated heterocycles. The third kappa shape index (κ3) is 1.40. The van der Waals surface area contributed by atoms with Crippen LogP contribution in [0.25, 0.3) is 0 Å². The van der Waals surface area contributed by atoms with Crippen LogP contribution in [0.2, 0.25) is 0 Å². The van der Waals surface area contributed by atoms with Crippen LogP contribution < -0.4 is 9.47 Å². The molecule has 68 valence electrons. The van der Waals surface area contributed by atoms with E-state index in [1.807, 2.05) is 0 Å². The van der Waals surface area contributed by atoms with Crippen molar-refractivity contribution in [3.63, 3.8) is 0 Å². The van der Waals surface area contributed by atoms with Gasteiger partial charge >= 0.3 is 0 Å². The zero-order chi connectivity index (χ0) is 9.42. The molecule has 1 aliphatic heterocycles. The van der Waals surface area contributed by atoms with E-state index in [0.29, 0.717) is 21.5 Å². The first-order valence-electron chi connectivity index (χ1n) is 3.48. The van der Waals surface area contributed by atoms with Crippen molar-refractivity contribution in [2.45, 2.75) is 0 Å². The highest BCUT2D eigenvalue weighted by Gasteiger charge is 2.23. The Bertz CT molecular complexity index is 378. The van der Waals surface area contributed by atoms with Gasteiger partial charge in [0.15, 0.2) is 11.5 Å². The summed E-state index contributed by atoms with van der Waals surface area (Å²) in [6.45, 7) is 0.128. The van der Waals surface area contributed by atoms with E-state index in [0.717, 1.165) is 0 Å². The molecule has 0 bridgehead atoms. The Balaban J connectivity index is 2.65. The van der Waals surface area contributed by atoms with Gasteiger partial charge < -0.3 is 9.47 Å². The second kappa shape index (κ2) is 3.20. The molecule has 0 spiro atoms. The topological polar surface area (TPSA) is 35.5 Å². The largest absolute Gasteiger partial charge is 0.454 e. The number of hydrogen-bond acceptors (Lipinski definition) is 3. The van der Waals surface area contributed by atoms with Crippen molar-refractivity contribution in [3.05, 3.63) is 22.2 Å². The maximum absolute atomic E-state index is 11.0. The van der Waals surface area contributed by atoms with Crippen molar-refractivity contribution in [2.24, 2.45) is 0 Å². The van der Waals surface area contributed by atoms with Gasteiger partial charge in [-0.25, -0.2) is 0 Å². The van der Waals surface area contributed by atoms with E-state index in [1.165, 1.54) is 0 Å². The highest BCUT2D eigenvalue weighted by atomic mass is 79.9. The zero-order valence-corrected chi connectivity index (χ0v) is 8.68. The highest BCUT2D eigenvalue weighted by Crippen LogP contribution is 2.40. The molecule has 13 heavy (non-hydrogen) atoms. The third-order valence-corrected chi connectivity index (χ3v) is 2.53. The fourth-order valence-corrected chi connectivity index (χ4v) is 1.93. The Labute approximate surface area is 87.7 Å². The van der Waals surface area contributed by atoms with Crippen molar-refractivity contribution in [2.75, 3.05) is 6.79 Å². The average Bonchev–Trinajstić information content (AvgIpc) is 2.50. The first-order chi connectivity index (χ1) is 6.20. The lowest BCUT2D eigenvalue weighted by Crippen LogP contribution is -1.96. The quantitative estimate of drug-likeness (QED) is 0.731. The standard InChI is InChI=1S/C8H4BrClO3/c9-4-1-2-5-7(13-3-12-5)6(4)8(10)11/h1-2H,3H2. The molecule has 2 rings (SSSR count). The Morgan fingerprint density at radius 1 is 1.46 bits per heavy atom. The fourth-order valence-electron chi connectivity index (χ4n) is 1.13. The monoisotopic (exact) mass is 262 g/mol. The summed E-state index contributed by atoms with van der Waals surface area (Å²) in [6.07, 6.45) is 0. The lowest BCUT2D eigenvalue weighted by atomic mass is 10.2. The van der Waals surface area contributed by atoms with Crippen LogP contribution in [-0.4, -0.2) is 12.0 Å². The summed E-state index contributed by atoms with van der Waals surface area (Å²) in [6, 6.07) is 3.42. The number of carbonyl (C=O) groups excluding carboxylic acids is 1. The van der Waals surface area contributed by atoms with Crippen molar-refractivity contribution in [1.29, 1.82) is 0 Å². The predicted molar refractivity (Wildman–Crippen MR) is 50.4 cm³/mol. The molecule has 0 unspecified atom stereocenters. The lowest BCUT2D eigenvalue weighted by molar-refractivity contribution is 0.107. The Morgan fingerprint density at radius 2 is 2.23 bits per heavy atom. The van der Waals surface area contributed by atoms with Crippen molar-refractivity contribution in [3.8, 4) is 11.5 Å². The minimum atomic E-state index is -0.561. The molecule has 1 aromatic rings. The molecule has 1 aromatic carbocycles. The maximum atomic E-state index is 11.0. The molecule has 5 heteroatoms. The summed E-state index contributed by atoms with van der Waals surface area (Å²) < 4.78 is 10.8. The Kier molecular flexibility index (Phi) is 2.17. The van der Waals surface area contributed by atoms with Crippen LogP contribution in [0.5, 0.6) is 11.5 Å². The van der Waals surface area contributed by atoms with Crippen molar-refractivity contribution >= 4 is 32.8 Å². The first-order valence-corrected chi connectivity index (χ1v) is 4.65. The zero-order valence-electron chi connectivity index (χ0n) is 6.34. The van der Waals surface area contributed by atoms with Crippen LogP contribution in [0.15, 0.2) is 16.6 Å². The van der Waals surface area contributed by atoms with Crippen LogP contribution in [0.4, 0.5) is 0 Å². The van der Waals surface area contributed by atoms with E-state index < -0.39 is 5.24 Å². The molecule has 0 saturated carbocycles. The molecule has 1 heterocycles. The summed E-state index contributed by atoms with van der Waals surface area (Å²) >= 11 is 8.60. The third-order valence-electron chi connectivity index (χ3n) is 1.68. The number of hydrogen-bond donors (Lipinski definition) is 0. The molecule has 0 fully saturated rings.